The van der Waals surface area contributed by atoms with Crippen LogP contribution in [0.25, 0.3) is 0 Å². The molecule has 5 heteroatoms. The summed E-state index contributed by atoms with van der Waals surface area (Å²) in [5.74, 6) is 0.433. The average Bonchev–Trinajstić information content (AvgIpc) is 2.43. The van der Waals surface area contributed by atoms with Gasteiger partial charge in [-0.25, -0.2) is 0 Å². The van der Waals surface area contributed by atoms with Crippen molar-refractivity contribution in [3.8, 4) is 0 Å². The Morgan fingerprint density at radius 2 is 2.15 bits per heavy atom. The number of nitrogens with one attached hydrogen (secondary N) is 1. The molecule has 1 aliphatic rings. The first-order valence-electron chi connectivity index (χ1n) is 7.28. The van der Waals surface area contributed by atoms with Gasteiger partial charge in [0.2, 0.25) is 0 Å². The van der Waals surface area contributed by atoms with E-state index in [1.54, 1.807) is 18.2 Å². The zero-order chi connectivity index (χ0) is 14.5. The molecule has 1 saturated carbocycles. The van der Waals surface area contributed by atoms with Crippen molar-refractivity contribution in [3.05, 3.63) is 38.9 Å². The molecular weight excluding hydrogens is 276 g/mol. The Bertz CT molecular complexity index is 477. The van der Waals surface area contributed by atoms with Crippen LogP contribution in [0, 0.1) is 16.0 Å². The van der Waals surface area contributed by atoms with Crippen LogP contribution in [-0.2, 0) is 6.42 Å². The molecule has 0 bridgehead atoms. The van der Waals surface area contributed by atoms with Crippen LogP contribution >= 0.6 is 11.6 Å². The number of halogens is 1. The van der Waals surface area contributed by atoms with Crippen LogP contribution in [-0.4, -0.2) is 17.5 Å². The van der Waals surface area contributed by atoms with Crippen molar-refractivity contribution in [3.63, 3.8) is 0 Å². The Hall–Kier alpha value is -1.13. The highest BCUT2D eigenvalue weighted by Crippen LogP contribution is 2.34. The van der Waals surface area contributed by atoms with Crippen LogP contribution in [0.2, 0.25) is 5.02 Å². The predicted octanol–water partition coefficient (Wildman–Crippen LogP) is 3.96. The maximum Gasteiger partial charge on any atom is 0.274 e. The molecule has 0 saturated heterocycles. The molecule has 0 spiro atoms. The van der Waals surface area contributed by atoms with Crippen molar-refractivity contribution < 1.29 is 4.92 Å². The third-order valence-electron chi connectivity index (χ3n) is 4.13. The summed E-state index contributed by atoms with van der Waals surface area (Å²) in [6.45, 7) is 3.04. The maximum absolute atomic E-state index is 11.2. The second kappa shape index (κ2) is 7.04. The Balaban J connectivity index is 2.21. The fraction of sp³-hybridized carbons (Fsp3) is 0.600. The largest absolute Gasteiger partial charge is 0.314 e. The molecule has 1 aliphatic carbocycles. The lowest BCUT2D eigenvalue weighted by Crippen LogP contribution is -2.39. The normalized spacial score (nSPS) is 22.7. The summed E-state index contributed by atoms with van der Waals surface area (Å²) in [5, 5.41) is 15.2. The van der Waals surface area contributed by atoms with E-state index in [9.17, 15) is 10.1 Å². The molecule has 1 aromatic carbocycles. The molecule has 110 valence electrons. The van der Waals surface area contributed by atoms with Crippen LogP contribution in [0.1, 0.15) is 38.2 Å². The SMILES string of the molecule is CCNC1CCCCC1Cc1c(Cl)cccc1[N+](=O)[O-]. The number of nitrogens with zero attached hydrogens (tertiary/aromatic N) is 1. The summed E-state index contributed by atoms with van der Waals surface area (Å²) in [6, 6.07) is 5.39. The highest BCUT2D eigenvalue weighted by Gasteiger charge is 2.28. The van der Waals surface area contributed by atoms with E-state index >= 15 is 0 Å². The first-order chi connectivity index (χ1) is 9.63. The second-order valence-corrected chi connectivity index (χ2v) is 5.81. The summed E-state index contributed by atoms with van der Waals surface area (Å²) in [7, 11) is 0. The monoisotopic (exact) mass is 296 g/mol. The van der Waals surface area contributed by atoms with Gasteiger partial charge in [0.15, 0.2) is 0 Å². The van der Waals surface area contributed by atoms with E-state index in [0.29, 0.717) is 29.0 Å². The number of nitro groups is 1. The molecule has 1 aromatic rings. The lowest BCUT2D eigenvalue weighted by atomic mass is 9.80. The Morgan fingerprint density at radius 3 is 2.85 bits per heavy atom. The number of hydrogen-bond donors (Lipinski definition) is 1. The molecule has 20 heavy (non-hydrogen) atoms. The Morgan fingerprint density at radius 1 is 1.40 bits per heavy atom. The Labute approximate surface area is 124 Å². The maximum atomic E-state index is 11.2. The zero-order valence-corrected chi connectivity index (χ0v) is 12.5. The van der Waals surface area contributed by atoms with Crippen LogP contribution in [0.4, 0.5) is 5.69 Å². The molecule has 2 atom stereocenters. The van der Waals surface area contributed by atoms with E-state index < -0.39 is 0 Å². The minimum Gasteiger partial charge on any atom is -0.314 e. The first-order valence-corrected chi connectivity index (χ1v) is 7.66. The third kappa shape index (κ3) is 3.49. The van der Waals surface area contributed by atoms with Crippen LogP contribution in [0.5, 0.6) is 0 Å². The van der Waals surface area contributed by atoms with Gasteiger partial charge in [-0.2, -0.15) is 0 Å². The molecule has 0 aliphatic heterocycles. The van der Waals surface area contributed by atoms with Gasteiger partial charge in [0, 0.05) is 17.7 Å². The van der Waals surface area contributed by atoms with Crippen molar-refractivity contribution in [2.75, 3.05) is 6.54 Å². The number of nitro benzene ring substituents is 1. The van der Waals surface area contributed by atoms with Gasteiger partial charge >= 0.3 is 0 Å². The molecule has 0 radical (unpaired) electrons. The van der Waals surface area contributed by atoms with Gasteiger partial charge < -0.3 is 5.32 Å². The summed E-state index contributed by atoms with van der Waals surface area (Å²) >= 11 is 6.19. The lowest BCUT2D eigenvalue weighted by molar-refractivity contribution is -0.385. The highest BCUT2D eigenvalue weighted by molar-refractivity contribution is 6.31. The zero-order valence-electron chi connectivity index (χ0n) is 11.8. The number of benzene rings is 1. The van der Waals surface area contributed by atoms with E-state index in [1.165, 1.54) is 12.8 Å². The topological polar surface area (TPSA) is 55.2 Å². The van der Waals surface area contributed by atoms with E-state index in [-0.39, 0.29) is 10.6 Å². The van der Waals surface area contributed by atoms with E-state index in [4.69, 9.17) is 11.6 Å². The number of rotatable bonds is 5. The molecule has 4 nitrogen and oxygen atoms in total. The van der Waals surface area contributed by atoms with E-state index in [2.05, 4.69) is 12.2 Å². The minimum absolute atomic E-state index is 0.151. The summed E-state index contributed by atoms with van der Waals surface area (Å²) < 4.78 is 0. The quantitative estimate of drug-likeness (QED) is 0.661. The third-order valence-corrected chi connectivity index (χ3v) is 4.49. The van der Waals surface area contributed by atoms with Gasteiger partial charge in [0.25, 0.3) is 5.69 Å². The molecule has 0 amide bonds. The van der Waals surface area contributed by atoms with E-state index in [0.717, 1.165) is 19.4 Å². The van der Waals surface area contributed by atoms with Gasteiger partial charge in [-0.15, -0.1) is 0 Å². The molecule has 0 aromatic heterocycles. The summed E-state index contributed by atoms with van der Waals surface area (Å²) in [5.41, 5.74) is 0.840. The smallest absolute Gasteiger partial charge is 0.274 e. The van der Waals surface area contributed by atoms with Crippen molar-refractivity contribution in [2.24, 2.45) is 5.92 Å². The summed E-state index contributed by atoms with van der Waals surface area (Å²) in [4.78, 5) is 10.8. The van der Waals surface area contributed by atoms with Crippen molar-refractivity contribution in [1.29, 1.82) is 0 Å². The predicted molar refractivity (Wildman–Crippen MR) is 81.2 cm³/mol. The van der Waals surface area contributed by atoms with Crippen molar-refractivity contribution in [2.45, 2.75) is 45.1 Å². The highest BCUT2D eigenvalue weighted by atomic mass is 35.5. The first kappa shape index (κ1) is 15.3. The number of hydrogen-bond acceptors (Lipinski definition) is 3. The van der Waals surface area contributed by atoms with Gasteiger partial charge in [-0.3, -0.25) is 10.1 Å². The Kier molecular flexibility index (Phi) is 5.38. The lowest BCUT2D eigenvalue weighted by Gasteiger charge is -2.32. The second-order valence-electron chi connectivity index (χ2n) is 5.41. The van der Waals surface area contributed by atoms with E-state index in [1.807, 2.05) is 0 Å². The van der Waals surface area contributed by atoms with Gasteiger partial charge in [0.05, 0.1) is 9.95 Å². The summed E-state index contributed by atoms with van der Waals surface area (Å²) in [6.07, 6.45) is 5.38. The van der Waals surface area contributed by atoms with Gasteiger partial charge in [0.1, 0.15) is 0 Å². The van der Waals surface area contributed by atoms with Crippen LogP contribution < -0.4 is 5.32 Å². The average molecular weight is 297 g/mol. The minimum atomic E-state index is -0.327. The molecule has 2 rings (SSSR count). The molecule has 1 fully saturated rings. The fourth-order valence-corrected chi connectivity index (χ4v) is 3.41. The van der Waals surface area contributed by atoms with Crippen LogP contribution in [0.3, 0.4) is 0 Å². The fourth-order valence-electron chi connectivity index (χ4n) is 3.17. The van der Waals surface area contributed by atoms with Gasteiger partial charge in [-0.1, -0.05) is 37.4 Å². The van der Waals surface area contributed by atoms with Gasteiger partial charge in [-0.05, 0) is 37.8 Å². The molecule has 2 unspecified atom stereocenters. The molecule has 0 heterocycles. The molecular formula is C15H21ClN2O2. The molecule has 1 N–H and O–H groups in total. The standard InChI is InChI=1S/C15H21ClN2O2/c1-2-17-14-8-4-3-6-11(14)10-12-13(16)7-5-9-15(12)18(19)20/h5,7,9,11,14,17H,2-4,6,8,10H2,1H3. The van der Waals surface area contributed by atoms with Crippen molar-refractivity contribution in [1.82, 2.24) is 5.32 Å². The van der Waals surface area contributed by atoms with Crippen LogP contribution in [0.15, 0.2) is 18.2 Å². The van der Waals surface area contributed by atoms with Crippen molar-refractivity contribution >= 4 is 17.3 Å².